The summed E-state index contributed by atoms with van der Waals surface area (Å²) in [7, 11) is 0. The smallest absolute Gasteiger partial charge is 0.263 e. The first kappa shape index (κ1) is 22.3. The summed E-state index contributed by atoms with van der Waals surface area (Å²) in [5, 5.41) is 14.5. The highest BCUT2D eigenvalue weighted by atomic mass is 16.5. The fourth-order valence-corrected chi connectivity index (χ4v) is 5.13. The summed E-state index contributed by atoms with van der Waals surface area (Å²) in [6.07, 6.45) is 6.95. The molecule has 2 fully saturated rings. The number of rotatable bonds is 4. The van der Waals surface area contributed by atoms with Gasteiger partial charge in [0.2, 0.25) is 0 Å². The maximum absolute atomic E-state index is 13.4. The van der Waals surface area contributed by atoms with Crippen molar-refractivity contribution in [3.05, 3.63) is 51.5 Å². The molecule has 1 saturated carbocycles. The second kappa shape index (κ2) is 9.02. The Balaban J connectivity index is 1.73. The van der Waals surface area contributed by atoms with E-state index in [1.807, 2.05) is 6.07 Å². The second-order valence-electron chi connectivity index (χ2n) is 8.99. The molecular formula is C24H29N7O3. The molecule has 1 aliphatic heterocycles. The van der Waals surface area contributed by atoms with Crippen LogP contribution in [0.4, 0.5) is 11.6 Å². The Kier molecular flexibility index (Phi) is 5.91. The largest absolute Gasteiger partial charge is 0.427 e. The van der Waals surface area contributed by atoms with Gasteiger partial charge >= 0.3 is 0 Å². The molecule has 0 aromatic carbocycles. The van der Waals surface area contributed by atoms with E-state index in [0.29, 0.717) is 22.1 Å². The number of aromatic nitrogens is 4. The molecule has 178 valence electrons. The normalized spacial score (nSPS) is 17.6. The van der Waals surface area contributed by atoms with Gasteiger partial charge < -0.3 is 15.4 Å². The van der Waals surface area contributed by atoms with Crippen molar-refractivity contribution in [3.8, 4) is 0 Å². The van der Waals surface area contributed by atoms with Crippen LogP contribution >= 0.6 is 0 Å². The average Bonchev–Trinajstić information content (AvgIpc) is 3.35. The molecule has 0 atom stereocenters. The van der Waals surface area contributed by atoms with Gasteiger partial charge in [-0.05, 0) is 44.4 Å². The molecule has 10 heteroatoms. The number of hydrogen-bond acceptors (Lipinski definition) is 8. The highest BCUT2D eigenvalue weighted by Crippen LogP contribution is 2.32. The molecule has 2 aliphatic rings. The number of fused-ring (bicyclic) bond motifs is 1. The van der Waals surface area contributed by atoms with Crippen LogP contribution in [0.25, 0.3) is 11.0 Å². The first-order valence-electron chi connectivity index (χ1n) is 11.8. The lowest BCUT2D eigenvalue weighted by atomic mass is 10.0. The van der Waals surface area contributed by atoms with Crippen LogP contribution in [0, 0.1) is 6.92 Å². The Labute approximate surface area is 196 Å². The Hall–Kier alpha value is -3.53. The highest BCUT2D eigenvalue weighted by Gasteiger charge is 2.26. The minimum atomic E-state index is -0.299. The van der Waals surface area contributed by atoms with Gasteiger partial charge in [-0.2, -0.15) is 14.7 Å². The van der Waals surface area contributed by atoms with E-state index in [1.165, 1.54) is 13.1 Å². The molecule has 3 aromatic rings. The van der Waals surface area contributed by atoms with Crippen LogP contribution in [0.5, 0.6) is 0 Å². The number of anilines is 1. The van der Waals surface area contributed by atoms with Gasteiger partial charge in [-0.25, -0.2) is 4.98 Å². The third-order valence-electron chi connectivity index (χ3n) is 6.83. The highest BCUT2D eigenvalue weighted by molar-refractivity contribution is 5.99. The van der Waals surface area contributed by atoms with Gasteiger partial charge in [-0.3, -0.25) is 14.2 Å². The molecule has 0 amide bonds. The van der Waals surface area contributed by atoms with E-state index >= 15 is 0 Å². The molecule has 0 spiro atoms. The Morgan fingerprint density at radius 2 is 1.97 bits per heavy atom. The lowest BCUT2D eigenvalue weighted by Crippen LogP contribution is -2.46. The summed E-state index contributed by atoms with van der Waals surface area (Å²) in [5.74, 6) is -0.102. The quantitative estimate of drug-likeness (QED) is 0.449. The van der Waals surface area contributed by atoms with Crippen molar-refractivity contribution in [2.45, 2.75) is 45.6 Å². The van der Waals surface area contributed by atoms with E-state index in [-0.39, 0.29) is 28.9 Å². The number of Topliss-reactive ketones (excluding diaryl/α,β-unsaturated/α-hetero) is 1. The van der Waals surface area contributed by atoms with Crippen LogP contribution in [-0.4, -0.2) is 56.4 Å². The fourth-order valence-electron chi connectivity index (χ4n) is 5.13. The van der Waals surface area contributed by atoms with Crippen molar-refractivity contribution in [1.29, 1.82) is 0 Å². The molecule has 0 unspecified atom stereocenters. The van der Waals surface area contributed by atoms with Gasteiger partial charge in [-0.1, -0.05) is 12.8 Å². The fraction of sp³-hybridized carbons (Fsp3) is 0.458. The van der Waals surface area contributed by atoms with Crippen molar-refractivity contribution in [3.63, 3.8) is 0 Å². The lowest BCUT2D eigenvalue weighted by molar-refractivity contribution is 0.101. The molecule has 34 heavy (non-hydrogen) atoms. The number of carbonyl (C=O) groups excluding carboxylic acids is 1. The summed E-state index contributed by atoms with van der Waals surface area (Å²) < 4.78 is 2.64. The number of aryl methyl sites for hydroxylation is 1. The Bertz CT molecular complexity index is 1380. The van der Waals surface area contributed by atoms with Crippen LogP contribution in [0.2, 0.25) is 0 Å². The van der Waals surface area contributed by atoms with Gasteiger partial charge in [0.25, 0.3) is 11.5 Å². The van der Waals surface area contributed by atoms with E-state index in [1.54, 1.807) is 23.8 Å². The molecule has 10 nitrogen and oxygen atoms in total. The summed E-state index contributed by atoms with van der Waals surface area (Å²) in [5.41, 5.74) is 2.09. The van der Waals surface area contributed by atoms with E-state index in [4.69, 9.17) is 0 Å². The Morgan fingerprint density at radius 3 is 2.68 bits per heavy atom. The molecule has 1 saturated heterocycles. The standard InChI is InChI=1S/C24H29N7O3/c1-15-18-14-26-24(28-22-19(8-5-11-30(22)34)29-12-9-25-10-13-29)27-21(18)31(17-6-3-4-7-17)23(33)20(15)16(2)32/h5,8,11,14,17,25,34H,3-4,6-7,9-10,12-13H2,1-2H3. The molecule has 0 radical (unpaired) electrons. The topological polar surface area (TPSA) is 118 Å². The van der Waals surface area contributed by atoms with Gasteiger partial charge in [0.1, 0.15) is 5.65 Å². The van der Waals surface area contributed by atoms with Gasteiger partial charge in [-0.15, -0.1) is 0 Å². The SMILES string of the molecule is CC(=O)c1c(C)c2cnc(N=c3c(N4CCNCC4)cccn3O)nc2n(C2CCCC2)c1=O. The van der Waals surface area contributed by atoms with E-state index in [0.717, 1.165) is 62.3 Å². The molecule has 4 heterocycles. The number of hydrogen-bond donors (Lipinski definition) is 2. The van der Waals surface area contributed by atoms with Crippen LogP contribution in [-0.2, 0) is 0 Å². The summed E-state index contributed by atoms with van der Waals surface area (Å²) in [6.45, 7) is 6.46. The third-order valence-corrected chi connectivity index (χ3v) is 6.83. The predicted octanol–water partition coefficient (Wildman–Crippen LogP) is 2.10. The zero-order valence-electron chi connectivity index (χ0n) is 19.5. The maximum atomic E-state index is 13.4. The van der Waals surface area contributed by atoms with E-state index in [2.05, 4.69) is 25.2 Å². The van der Waals surface area contributed by atoms with Crippen LogP contribution in [0.3, 0.4) is 0 Å². The van der Waals surface area contributed by atoms with E-state index in [9.17, 15) is 14.8 Å². The van der Waals surface area contributed by atoms with Crippen molar-refractivity contribution in [2.75, 3.05) is 31.1 Å². The lowest BCUT2D eigenvalue weighted by Gasteiger charge is -2.29. The van der Waals surface area contributed by atoms with Crippen molar-refractivity contribution in [2.24, 2.45) is 4.99 Å². The first-order valence-corrected chi connectivity index (χ1v) is 11.8. The maximum Gasteiger partial charge on any atom is 0.263 e. The third kappa shape index (κ3) is 3.87. The molecule has 1 aliphatic carbocycles. The monoisotopic (exact) mass is 463 g/mol. The van der Waals surface area contributed by atoms with Gasteiger partial charge in [0, 0.05) is 50.0 Å². The molecule has 2 N–H and O–H groups in total. The first-order chi connectivity index (χ1) is 16.5. The summed E-state index contributed by atoms with van der Waals surface area (Å²) >= 11 is 0. The molecule has 0 bridgehead atoms. The number of nitrogens with one attached hydrogen (secondary N) is 1. The molecular weight excluding hydrogens is 434 g/mol. The molecule has 5 rings (SSSR count). The zero-order valence-corrected chi connectivity index (χ0v) is 19.5. The predicted molar refractivity (Wildman–Crippen MR) is 128 cm³/mol. The van der Waals surface area contributed by atoms with Crippen LogP contribution in [0.1, 0.15) is 54.6 Å². The summed E-state index contributed by atoms with van der Waals surface area (Å²) in [4.78, 5) is 41.6. The Morgan fingerprint density at radius 1 is 1.24 bits per heavy atom. The number of ketones is 1. The number of nitrogens with zero attached hydrogens (tertiary/aromatic N) is 6. The second-order valence-corrected chi connectivity index (χ2v) is 8.99. The van der Waals surface area contributed by atoms with Crippen molar-refractivity contribution in [1.82, 2.24) is 24.6 Å². The van der Waals surface area contributed by atoms with Gasteiger partial charge in [0.15, 0.2) is 11.3 Å². The van der Waals surface area contributed by atoms with E-state index < -0.39 is 0 Å². The zero-order chi connectivity index (χ0) is 23.8. The number of carbonyl (C=O) groups is 1. The number of piperazine rings is 1. The van der Waals surface area contributed by atoms with Gasteiger partial charge in [0.05, 0.1) is 11.3 Å². The van der Waals surface area contributed by atoms with Crippen LogP contribution < -0.4 is 21.3 Å². The average molecular weight is 464 g/mol. The summed E-state index contributed by atoms with van der Waals surface area (Å²) in [6, 6.07) is 3.67. The minimum Gasteiger partial charge on any atom is -0.427 e. The van der Waals surface area contributed by atoms with Crippen molar-refractivity contribution >= 4 is 28.5 Å². The molecule has 3 aromatic heterocycles. The number of pyridine rings is 2. The van der Waals surface area contributed by atoms with Crippen LogP contribution in [0.15, 0.2) is 34.3 Å². The van der Waals surface area contributed by atoms with Crippen molar-refractivity contribution < 1.29 is 10.0 Å². The minimum absolute atomic E-state index is 0.00707.